The maximum atomic E-state index is 0. The topological polar surface area (TPSA) is 0 Å². The molecule has 4 heteroatoms. The summed E-state index contributed by atoms with van der Waals surface area (Å²) in [5.41, 5.74) is 0. The molecule has 2 radical (unpaired) electrons. The van der Waals surface area contributed by atoms with Gasteiger partial charge in [0.25, 0.3) is 0 Å². The molecule has 0 saturated carbocycles. The van der Waals surface area contributed by atoms with Crippen molar-refractivity contribution in [3.63, 3.8) is 0 Å². The Bertz CT molecular complexity index is 17.7. The molecule has 0 N–H and O–H groups in total. The number of hydrogen-bond acceptors (Lipinski definition) is 0. The van der Waals surface area contributed by atoms with Gasteiger partial charge in [-0.1, -0.05) is 7.43 Å². The van der Waals surface area contributed by atoms with Crippen LogP contribution < -0.4 is 0 Å². The van der Waals surface area contributed by atoms with E-state index in [1.165, 1.54) is 0 Å². The predicted molar refractivity (Wildman–Crippen MR) is 24.6 cm³/mol. The molecule has 0 heterocycles. The molecule has 0 rings (SSSR count). The van der Waals surface area contributed by atoms with Gasteiger partial charge in [-0.05, 0) is 11.0 Å². The molecule has 0 aromatic heterocycles. The molecule has 0 unspecified atom stereocenters. The molecule has 0 spiro atoms. The van der Waals surface area contributed by atoms with Crippen LogP contribution in [-0.2, 0) is 39.6 Å². The molecule has 0 amide bonds. The smallest absolute Gasteiger partial charge is 1.00 e. The summed E-state index contributed by atoms with van der Waals surface area (Å²) < 4.78 is 0. The average Bonchev–Trinajstić information content (AvgIpc) is 0. The van der Waals surface area contributed by atoms with E-state index in [1.807, 2.05) is 0 Å². The van der Waals surface area contributed by atoms with Crippen LogP contribution in [0.25, 0.3) is 0 Å². The van der Waals surface area contributed by atoms with Crippen LogP contribution in [0, 0.1) is 0 Å². The Kier molecular flexibility index (Phi) is 379. The molecule has 5 heavy (non-hydrogen) atoms. The SMILES string of the molecule is C.[H-].[H-].[Mg+2].[Mo].[SiH3].[V]. The minimum Gasteiger partial charge on any atom is -1.00 e. The van der Waals surface area contributed by atoms with Crippen molar-refractivity contribution in [2.45, 2.75) is 7.43 Å². The van der Waals surface area contributed by atoms with Gasteiger partial charge >= 0.3 is 23.1 Å². The zero-order valence-corrected chi connectivity index (χ0v) is 9.38. The van der Waals surface area contributed by atoms with Crippen molar-refractivity contribution in [3.8, 4) is 0 Å². The molecule has 0 aromatic rings. The molecule has 0 atom stereocenters. The molecule has 30 valence electrons. The van der Waals surface area contributed by atoms with Crippen LogP contribution in [-0.4, -0.2) is 34.0 Å². The quantitative estimate of drug-likeness (QED) is 0.473. The summed E-state index contributed by atoms with van der Waals surface area (Å²) in [5.74, 6) is 0. The molecule has 0 aliphatic rings. The molecule has 0 nitrogen and oxygen atoms in total. The van der Waals surface area contributed by atoms with E-state index in [-0.39, 0.29) is 83.9 Å². The molecule has 0 aromatic carbocycles. The summed E-state index contributed by atoms with van der Waals surface area (Å²) in [6, 6.07) is 0. The minimum absolute atomic E-state index is 0. The number of hydrogen-bond donors (Lipinski definition) is 0. The number of rotatable bonds is 0. The molecule has 0 bridgehead atoms. The first-order valence-electron chi connectivity index (χ1n) is 0. The van der Waals surface area contributed by atoms with Crippen LogP contribution in [0.1, 0.15) is 10.3 Å². The summed E-state index contributed by atoms with van der Waals surface area (Å²) in [5, 5.41) is 0. The third-order valence-electron chi connectivity index (χ3n) is 0. The molecule has 0 aliphatic heterocycles. The third-order valence-corrected chi connectivity index (χ3v) is 0. The summed E-state index contributed by atoms with van der Waals surface area (Å²) in [6.45, 7) is 0. The summed E-state index contributed by atoms with van der Waals surface area (Å²) >= 11 is 0. The van der Waals surface area contributed by atoms with Crippen LogP contribution >= 0.6 is 0 Å². The van der Waals surface area contributed by atoms with E-state index in [2.05, 4.69) is 0 Å². The molecular formula is CH9MgMoSiV. The maximum Gasteiger partial charge on any atom is 2.00 e. The standard InChI is InChI=1S/CH4.Mg.Mo.H3Si.V.2H/h1H4;;;1H3;;;/q;+2;;;;2*-1. The van der Waals surface area contributed by atoms with Crippen LogP contribution in [0.3, 0.4) is 0 Å². The Morgan fingerprint density at radius 2 is 1.20 bits per heavy atom. The zero-order chi connectivity index (χ0) is 0. The third kappa shape index (κ3) is 22.3. The van der Waals surface area contributed by atoms with E-state index in [0.29, 0.717) is 0 Å². The van der Waals surface area contributed by atoms with Crippen molar-refractivity contribution >= 4 is 34.0 Å². The minimum atomic E-state index is 0. The Morgan fingerprint density at radius 1 is 1.20 bits per heavy atom. The Morgan fingerprint density at radius 3 is 1.20 bits per heavy atom. The fraction of sp³-hybridized carbons (Fsp3) is 1.00. The summed E-state index contributed by atoms with van der Waals surface area (Å²) in [7, 11) is 0. The molecule has 0 fully saturated rings. The van der Waals surface area contributed by atoms with E-state index in [0.717, 1.165) is 0 Å². The van der Waals surface area contributed by atoms with Crippen molar-refractivity contribution in [1.29, 1.82) is 0 Å². The molecular weight excluding hydrogens is 211 g/mol. The van der Waals surface area contributed by atoms with Gasteiger partial charge in [-0.25, -0.2) is 0 Å². The fourth-order valence-corrected chi connectivity index (χ4v) is 0. The van der Waals surface area contributed by atoms with Crippen molar-refractivity contribution in [2.75, 3.05) is 0 Å². The Balaban J connectivity index is 0. The second kappa shape index (κ2) is 34.0. The van der Waals surface area contributed by atoms with Crippen molar-refractivity contribution in [3.05, 3.63) is 0 Å². The van der Waals surface area contributed by atoms with Crippen LogP contribution in [0.4, 0.5) is 0 Å². The zero-order valence-electron chi connectivity index (χ0n) is 4.56. The second-order valence-corrected chi connectivity index (χ2v) is 0. The van der Waals surface area contributed by atoms with Crippen LogP contribution in [0.5, 0.6) is 0 Å². The average molecular weight is 220 g/mol. The first-order chi connectivity index (χ1) is 0. The molecule has 0 aliphatic carbocycles. The van der Waals surface area contributed by atoms with Crippen molar-refractivity contribution in [2.24, 2.45) is 0 Å². The monoisotopic (exact) mass is 222 g/mol. The van der Waals surface area contributed by atoms with E-state index in [1.54, 1.807) is 0 Å². The van der Waals surface area contributed by atoms with Crippen LogP contribution in [0.2, 0.25) is 0 Å². The van der Waals surface area contributed by atoms with Gasteiger partial charge in [-0.2, -0.15) is 0 Å². The van der Waals surface area contributed by atoms with Gasteiger partial charge < -0.3 is 2.85 Å². The van der Waals surface area contributed by atoms with E-state index >= 15 is 0 Å². The Hall–Kier alpha value is 2.26. The van der Waals surface area contributed by atoms with E-state index in [4.69, 9.17) is 0 Å². The van der Waals surface area contributed by atoms with Gasteiger partial charge in [0.15, 0.2) is 0 Å². The second-order valence-electron chi connectivity index (χ2n) is 0. The van der Waals surface area contributed by atoms with Gasteiger partial charge in [0.05, 0.1) is 0 Å². The van der Waals surface area contributed by atoms with E-state index in [9.17, 15) is 0 Å². The predicted octanol–water partition coefficient (Wildman–Crippen LogP) is -0.709. The first kappa shape index (κ1) is 55.8. The van der Waals surface area contributed by atoms with E-state index < -0.39 is 0 Å². The summed E-state index contributed by atoms with van der Waals surface area (Å²) in [6.07, 6.45) is 0. The van der Waals surface area contributed by atoms with Crippen molar-refractivity contribution < 1.29 is 42.5 Å². The van der Waals surface area contributed by atoms with Gasteiger partial charge in [0.1, 0.15) is 0 Å². The fourth-order valence-electron chi connectivity index (χ4n) is 0. The maximum absolute atomic E-state index is 0. The van der Waals surface area contributed by atoms with Gasteiger partial charge in [0, 0.05) is 39.6 Å². The van der Waals surface area contributed by atoms with Gasteiger partial charge in [-0.3, -0.25) is 0 Å². The largest absolute Gasteiger partial charge is 2.00 e. The normalized spacial score (nSPS) is 0. The van der Waals surface area contributed by atoms with Crippen LogP contribution in [0.15, 0.2) is 0 Å². The van der Waals surface area contributed by atoms with Crippen molar-refractivity contribution in [1.82, 2.24) is 0 Å². The summed E-state index contributed by atoms with van der Waals surface area (Å²) in [4.78, 5) is 0. The first-order valence-corrected chi connectivity index (χ1v) is 0. The Labute approximate surface area is 83.1 Å². The molecule has 0 saturated heterocycles. The van der Waals surface area contributed by atoms with Gasteiger partial charge in [-0.15, -0.1) is 0 Å². The van der Waals surface area contributed by atoms with Gasteiger partial charge in [0.2, 0.25) is 0 Å².